The van der Waals surface area contributed by atoms with Crippen LogP contribution in [0, 0.1) is 0 Å². The van der Waals surface area contributed by atoms with Crippen LogP contribution in [0.5, 0.6) is 11.6 Å². The monoisotopic (exact) mass is 227 g/mol. The highest BCUT2D eigenvalue weighted by atomic mass is 32.1. The lowest BCUT2D eigenvalue weighted by Crippen LogP contribution is -1.92. The summed E-state index contributed by atoms with van der Waals surface area (Å²) in [6, 6.07) is 1.71. The molecule has 0 fully saturated rings. The highest BCUT2D eigenvalue weighted by molar-refractivity contribution is 7.13. The normalized spacial score (nSPS) is 10.5. The molecule has 0 saturated heterocycles. The van der Waals surface area contributed by atoms with Gasteiger partial charge in [0.1, 0.15) is 5.75 Å². The molecule has 5 nitrogen and oxygen atoms in total. The Kier molecular flexibility index (Phi) is 2.51. The number of hydrogen-bond acceptors (Lipinski definition) is 5. The second kappa shape index (κ2) is 3.82. The van der Waals surface area contributed by atoms with Crippen molar-refractivity contribution in [3.63, 3.8) is 0 Å². The van der Waals surface area contributed by atoms with Crippen LogP contribution in [-0.2, 0) is 0 Å². The van der Waals surface area contributed by atoms with Crippen molar-refractivity contribution in [2.24, 2.45) is 0 Å². The fourth-order valence-corrected chi connectivity index (χ4v) is 1.98. The van der Waals surface area contributed by atoms with Crippen LogP contribution in [0.2, 0.25) is 0 Å². The van der Waals surface area contributed by atoms with Crippen LogP contribution in [0.25, 0.3) is 10.6 Å². The lowest BCUT2D eigenvalue weighted by Gasteiger charge is -1.95. The molecule has 0 unspecified atom stereocenters. The van der Waals surface area contributed by atoms with Gasteiger partial charge in [0, 0.05) is 11.4 Å². The van der Waals surface area contributed by atoms with Gasteiger partial charge < -0.3 is 14.3 Å². The van der Waals surface area contributed by atoms with Crippen LogP contribution in [0.1, 0.15) is 6.92 Å². The molecular weight excluding hydrogens is 218 g/mol. The van der Waals surface area contributed by atoms with E-state index in [-0.39, 0.29) is 11.6 Å². The van der Waals surface area contributed by atoms with Gasteiger partial charge in [-0.2, -0.15) is 0 Å². The molecule has 0 amide bonds. The maximum absolute atomic E-state index is 10.8. The molecule has 0 bridgehead atoms. The predicted molar refractivity (Wildman–Crippen MR) is 55.5 cm³/mol. The summed E-state index contributed by atoms with van der Waals surface area (Å²) in [5.41, 5.74) is 0. The summed E-state index contributed by atoms with van der Waals surface area (Å²) in [6.07, 6.45) is 0. The van der Waals surface area contributed by atoms with Crippen LogP contribution in [-0.4, -0.2) is 16.7 Å². The van der Waals surface area contributed by atoms with Crippen LogP contribution >= 0.6 is 11.3 Å². The van der Waals surface area contributed by atoms with E-state index in [1.54, 1.807) is 11.4 Å². The second-order valence-corrected chi connectivity index (χ2v) is 3.68. The summed E-state index contributed by atoms with van der Waals surface area (Å²) >= 11 is 1.33. The minimum absolute atomic E-state index is 0.149. The number of ether oxygens (including phenoxy) is 1. The van der Waals surface area contributed by atoms with Crippen LogP contribution < -0.4 is 10.5 Å². The van der Waals surface area contributed by atoms with Gasteiger partial charge in [-0.05, 0) is 6.92 Å². The number of hydrogen-bond donors (Lipinski definition) is 2. The third kappa shape index (κ3) is 1.89. The number of aromatic hydroxyl groups is 1. The van der Waals surface area contributed by atoms with E-state index in [0.717, 1.165) is 0 Å². The molecule has 2 heterocycles. The molecule has 80 valence electrons. The Balaban J connectivity index is 2.36. The molecule has 0 aliphatic rings. The van der Waals surface area contributed by atoms with Crippen molar-refractivity contribution in [3.8, 4) is 22.3 Å². The van der Waals surface area contributed by atoms with Crippen molar-refractivity contribution < 1.29 is 14.3 Å². The van der Waals surface area contributed by atoms with Gasteiger partial charge in [0.05, 0.1) is 11.5 Å². The van der Waals surface area contributed by atoms with E-state index in [0.29, 0.717) is 17.2 Å². The number of rotatable bonds is 3. The number of thiophene rings is 1. The lowest BCUT2D eigenvalue weighted by atomic mass is 10.4. The number of aromatic nitrogens is 1. The highest BCUT2D eigenvalue weighted by Gasteiger charge is 2.13. The summed E-state index contributed by atoms with van der Waals surface area (Å²) in [5, 5.41) is 11.1. The van der Waals surface area contributed by atoms with E-state index in [1.807, 2.05) is 6.92 Å². The van der Waals surface area contributed by atoms with Crippen LogP contribution in [0.15, 0.2) is 20.7 Å². The molecule has 0 aromatic carbocycles. The Bertz CT molecular complexity index is 510. The van der Waals surface area contributed by atoms with Crippen molar-refractivity contribution in [1.82, 2.24) is 4.98 Å². The third-order valence-corrected chi connectivity index (χ3v) is 2.65. The van der Waals surface area contributed by atoms with E-state index in [2.05, 4.69) is 4.98 Å². The van der Waals surface area contributed by atoms with Crippen molar-refractivity contribution in [1.29, 1.82) is 0 Å². The van der Waals surface area contributed by atoms with Gasteiger partial charge in [-0.25, -0.2) is 4.79 Å². The second-order valence-electron chi connectivity index (χ2n) is 2.77. The maximum atomic E-state index is 10.8. The summed E-state index contributed by atoms with van der Waals surface area (Å²) in [5.74, 6) is -0.0875. The zero-order valence-corrected chi connectivity index (χ0v) is 8.76. The first-order valence-electron chi connectivity index (χ1n) is 4.34. The summed E-state index contributed by atoms with van der Waals surface area (Å²) < 4.78 is 10.0. The van der Waals surface area contributed by atoms with E-state index >= 15 is 0 Å². The number of aromatic amines is 1. The molecule has 15 heavy (non-hydrogen) atoms. The first-order valence-corrected chi connectivity index (χ1v) is 5.22. The first kappa shape index (κ1) is 9.85. The van der Waals surface area contributed by atoms with Gasteiger partial charge in [-0.15, -0.1) is 11.3 Å². The summed E-state index contributed by atoms with van der Waals surface area (Å²) in [4.78, 5) is 13.6. The summed E-state index contributed by atoms with van der Waals surface area (Å²) in [6.45, 7) is 2.45. The Labute approximate surface area is 88.9 Å². The standard InChI is InChI=1S/C9H9NO4S/c1-2-13-5-3-6(15-4-5)7-8(11)10-9(12)14-7/h3-4,11H,2H2,1H3,(H,10,12). The van der Waals surface area contributed by atoms with Crippen molar-refractivity contribution in [3.05, 3.63) is 22.0 Å². The lowest BCUT2D eigenvalue weighted by molar-refractivity contribution is 0.342. The summed E-state index contributed by atoms with van der Waals surface area (Å²) in [7, 11) is 0. The Morgan fingerprint density at radius 2 is 2.47 bits per heavy atom. The zero-order valence-electron chi connectivity index (χ0n) is 7.94. The van der Waals surface area contributed by atoms with Gasteiger partial charge in [-0.3, -0.25) is 4.98 Å². The smallest absolute Gasteiger partial charge is 0.419 e. The minimum Gasteiger partial charge on any atom is -0.493 e. The molecular formula is C9H9NO4S. The Hall–Kier alpha value is -1.69. The van der Waals surface area contributed by atoms with Gasteiger partial charge in [0.15, 0.2) is 0 Å². The van der Waals surface area contributed by atoms with Crippen LogP contribution in [0.4, 0.5) is 0 Å². The predicted octanol–water partition coefficient (Wildman–Crippen LogP) is 1.80. The van der Waals surface area contributed by atoms with Crippen molar-refractivity contribution in [2.75, 3.05) is 6.61 Å². The minimum atomic E-state index is -0.672. The highest BCUT2D eigenvalue weighted by Crippen LogP contribution is 2.34. The molecule has 0 atom stereocenters. The molecule has 0 aliphatic carbocycles. The molecule has 2 rings (SSSR count). The van der Waals surface area contributed by atoms with Crippen molar-refractivity contribution >= 4 is 11.3 Å². The molecule has 6 heteroatoms. The van der Waals surface area contributed by atoms with E-state index in [9.17, 15) is 9.90 Å². The Morgan fingerprint density at radius 1 is 1.67 bits per heavy atom. The molecule has 2 aromatic heterocycles. The Morgan fingerprint density at radius 3 is 3.07 bits per heavy atom. The van der Waals surface area contributed by atoms with Crippen molar-refractivity contribution in [2.45, 2.75) is 6.92 Å². The average Bonchev–Trinajstić information content (AvgIpc) is 2.73. The topological polar surface area (TPSA) is 75.5 Å². The number of oxazole rings is 1. The first-order chi connectivity index (χ1) is 7.20. The van der Waals surface area contributed by atoms with E-state index < -0.39 is 5.76 Å². The molecule has 2 aromatic rings. The molecule has 0 aliphatic heterocycles. The third-order valence-electron chi connectivity index (χ3n) is 1.74. The fraction of sp³-hybridized carbons (Fsp3) is 0.222. The van der Waals surface area contributed by atoms with Gasteiger partial charge in [0.2, 0.25) is 11.6 Å². The number of nitrogens with one attached hydrogen (secondary N) is 1. The zero-order chi connectivity index (χ0) is 10.8. The van der Waals surface area contributed by atoms with Gasteiger partial charge >= 0.3 is 5.76 Å². The molecule has 0 radical (unpaired) electrons. The van der Waals surface area contributed by atoms with Gasteiger partial charge in [0.25, 0.3) is 0 Å². The largest absolute Gasteiger partial charge is 0.493 e. The number of H-pyrrole nitrogens is 1. The van der Waals surface area contributed by atoms with Crippen LogP contribution in [0.3, 0.4) is 0 Å². The maximum Gasteiger partial charge on any atom is 0.419 e. The van der Waals surface area contributed by atoms with Gasteiger partial charge in [-0.1, -0.05) is 0 Å². The average molecular weight is 227 g/mol. The fourth-order valence-electron chi connectivity index (χ4n) is 1.17. The van der Waals surface area contributed by atoms with E-state index in [4.69, 9.17) is 9.15 Å². The molecule has 0 spiro atoms. The molecule has 0 saturated carbocycles. The quantitative estimate of drug-likeness (QED) is 0.838. The molecule has 2 N–H and O–H groups in total. The SMILES string of the molecule is CCOc1csc(-c2oc(=O)[nH]c2O)c1. The van der Waals surface area contributed by atoms with E-state index in [1.165, 1.54) is 11.3 Å².